The number of pyridine rings is 1. The topological polar surface area (TPSA) is 80.7 Å². The van der Waals surface area contributed by atoms with Gasteiger partial charge in [-0.2, -0.15) is 0 Å². The Bertz CT molecular complexity index is 412. The van der Waals surface area contributed by atoms with Gasteiger partial charge in [0.15, 0.2) is 0 Å². The predicted molar refractivity (Wildman–Crippen MR) is 74.1 cm³/mol. The summed E-state index contributed by atoms with van der Waals surface area (Å²) in [5, 5.41) is 11.5. The fourth-order valence-corrected chi connectivity index (χ4v) is 1.36. The molecule has 0 spiro atoms. The summed E-state index contributed by atoms with van der Waals surface area (Å²) in [4.78, 5) is 15.4. The van der Waals surface area contributed by atoms with Crippen LogP contribution in [0.5, 0.6) is 0 Å². The molecule has 1 rings (SSSR count). The standard InChI is InChI=1S/C14H22N2O4/c1-14(2,3)20-13(18)15-6-7-19-10-11-4-5-12(9-17)16-8-11/h4-5,8,17H,6-7,9-10H2,1-3H3,(H,15,18). The van der Waals surface area contributed by atoms with Crippen LogP contribution in [0.15, 0.2) is 18.3 Å². The van der Waals surface area contributed by atoms with Crippen LogP contribution in [0.25, 0.3) is 0 Å². The van der Waals surface area contributed by atoms with E-state index in [0.29, 0.717) is 25.5 Å². The molecule has 0 fully saturated rings. The number of carbonyl (C=O) groups is 1. The number of aromatic nitrogens is 1. The average molecular weight is 282 g/mol. The first-order chi connectivity index (χ1) is 9.40. The van der Waals surface area contributed by atoms with Gasteiger partial charge in [-0.15, -0.1) is 0 Å². The molecule has 0 bridgehead atoms. The van der Waals surface area contributed by atoms with Crippen molar-refractivity contribution in [1.29, 1.82) is 0 Å². The summed E-state index contributed by atoms with van der Waals surface area (Å²) in [6.45, 7) is 6.55. The van der Waals surface area contributed by atoms with E-state index >= 15 is 0 Å². The lowest BCUT2D eigenvalue weighted by Crippen LogP contribution is -2.34. The van der Waals surface area contributed by atoms with Gasteiger partial charge in [-0.3, -0.25) is 4.98 Å². The smallest absolute Gasteiger partial charge is 0.407 e. The number of amides is 1. The van der Waals surface area contributed by atoms with E-state index in [-0.39, 0.29) is 6.61 Å². The second kappa shape index (κ2) is 7.81. The Morgan fingerprint density at radius 1 is 1.40 bits per heavy atom. The van der Waals surface area contributed by atoms with E-state index in [0.717, 1.165) is 5.56 Å². The molecular formula is C14H22N2O4. The van der Waals surface area contributed by atoms with Crippen molar-refractivity contribution in [3.05, 3.63) is 29.6 Å². The fraction of sp³-hybridized carbons (Fsp3) is 0.571. The first-order valence-corrected chi connectivity index (χ1v) is 6.50. The Hall–Kier alpha value is -1.66. The van der Waals surface area contributed by atoms with E-state index < -0.39 is 11.7 Å². The van der Waals surface area contributed by atoms with E-state index in [4.69, 9.17) is 14.6 Å². The lowest BCUT2D eigenvalue weighted by Gasteiger charge is -2.19. The zero-order valence-electron chi connectivity index (χ0n) is 12.2. The molecule has 112 valence electrons. The highest BCUT2D eigenvalue weighted by Gasteiger charge is 2.15. The minimum Gasteiger partial charge on any atom is -0.444 e. The van der Waals surface area contributed by atoms with E-state index in [1.54, 1.807) is 12.3 Å². The summed E-state index contributed by atoms with van der Waals surface area (Å²) < 4.78 is 10.5. The third kappa shape index (κ3) is 7.06. The maximum Gasteiger partial charge on any atom is 0.407 e. The van der Waals surface area contributed by atoms with Crippen LogP contribution in [0, 0.1) is 0 Å². The molecule has 1 amide bonds. The number of hydrogen-bond acceptors (Lipinski definition) is 5. The SMILES string of the molecule is CC(C)(C)OC(=O)NCCOCc1ccc(CO)nc1. The lowest BCUT2D eigenvalue weighted by atomic mass is 10.2. The molecule has 0 aromatic carbocycles. The summed E-state index contributed by atoms with van der Waals surface area (Å²) in [5.74, 6) is 0. The number of alkyl carbamates (subject to hydrolysis) is 1. The first kappa shape index (κ1) is 16.4. The van der Waals surface area contributed by atoms with Gasteiger partial charge in [-0.05, 0) is 32.4 Å². The van der Waals surface area contributed by atoms with Crippen molar-refractivity contribution in [2.75, 3.05) is 13.2 Å². The molecule has 0 saturated carbocycles. The molecular weight excluding hydrogens is 260 g/mol. The summed E-state index contributed by atoms with van der Waals surface area (Å²) in [7, 11) is 0. The number of aliphatic hydroxyl groups is 1. The molecule has 6 nitrogen and oxygen atoms in total. The molecule has 0 saturated heterocycles. The van der Waals surface area contributed by atoms with Gasteiger partial charge in [0.25, 0.3) is 0 Å². The van der Waals surface area contributed by atoms with Gasteiger partial charge in [0, 0.05) is 12.7 Å². The average Bonchev–Trinajstić information content (AvgIpc) is 2.37. The van der Waals surface area contributed by atoms with Crippen molar-refractivity contribution in [3.8, 4) is 0 Å². The monoisotopic (exact) mass is 282 g/mol. The van der Waals surface area contributed by atoms with Gasteiger partial charge in [0.2, 0.25) is 0 Å². The van der Waals surface area contributed by atoms with Crippen LogP contribution in [0.3, 0.4) is 0 Å². The predicted octanol–water partition coefficient (Wildman–Crippen LogP) is 1.62. The van der Waals surface area contributed by atoms with Crippen LogP contribution >= 0.6 is 0 Å². The maximum absolute atomic E-state index is 11.3. The Morgan fingerprint density at radius 3 is 2.70 bits per heavy atom. The highest BCUT2D eigenvalue weighted by molar-refractivity contribution is 5.67. The van der Waals surface area contributed by atoms with E-state index in [9.17, 15) is 4.79 Å². The Labute approximate surface area is 119 Å². The van der Waals surface area contributed by atoms with Crippen molar-refractivity contribution < 1.29 is 19.4 Å². The van der Waals surface area contributed by atoms with Gasteiger partial charge in [0.1, 0.15) is 5.60 Å². The number of carbonyl (C=O) groups excluding carboxylic acids is 1. The van der Waals surface area contributed by atoms with Gasteiger partial charge in [-0.25, -0.2) is 4.79 Å². The van der Waals surface area contributed by atoms with Crippen LogP contribution < -0.4 is 5.32 Å². The van der Waals surface area contributed by atoms with Crippen LogP contribution in [0.1, 0.15) is 32.0 Å². The Balaban J connectivity index is 2.14. The quantitative estimate of drug-likeness (QED) is 0.775. The Kier molecular flexibility index (Phi) is 6.41. The number of nitrogens with zero attached hydrogens (tertiary/aromatic N) is 1. The zero-order valence-corrected chi connectivity index (χ0v) is 12.2. The molecule has 0 aliphatic rings. The van der Waals surface area contributed by atoms with Crippen LogP contribution in [0.4, 0.5) is 4.79 Å². The second-order valence-electron chi connectivity index (χ2n) is 5.30. The van der Waals surface area contributed by atoms with Crippen molar-refractivity contribution in [2.45, 2.75) is 39.6 Å². The first-order valence-electron chi connectivity index (χ1n) is 6.50. The molecule has 0 aliphatic carbocycles. The second-order valence-corrected chi connectivity index (χ2v) is 5.30. The number of ether oxygens (including phenoxy) is 2. The van der Waals surface area contributed by atoms with Crippen LogP contribution in [-0.4, -0.2) is 34.9 Å². The molecule has 0 atom stereocenters. The molecule has 2 N–H and O–H groups in total. The molecule has 20 heavy (non-hydrogen) atoms. The lowest BCUT2D eigenvalue weighted by molar-refractivity contribution is 0.0494. The summed E-state index contributed by atoms with van der Waals surface area (Å²) in [5.41, 5.74) is 1.05. The zero-order chi connectivity index (χ0) is 15.0. The fourth-order valence-electron chi connectivity index (χ4n) is 1.36. The van der Waals surface area contributed by atoms with Crippen molar-refractivity contribution in [1.82, 2.24) is 10.3 Å². The minimum atomic E-state index is -0.495. The number of nitrogens with one attached hydrogen (secondary N) is 1. The summed E-state index contributed by atoms with van der Waals surface area (Å²) in [6.07, 6.45) is 1.21. The highest BCUT2D eigenvalue weighted by Crippen LogP contribution is 2.06. The minimum absolute atomic E-state index is 0.0685. The molecule has 6 heteroatoms. The van der Waals surface area contributed by atoms with E-state index in [1.807, 2.05) is 26.8 Å². The van der Waals surface area contributed by atoms with Crippen LogP contribution in [-0.2, 0) is 22.7 Å². The third-order valence-corrected chi connectivity index (χ3v) is 2.23. The number of rotatable bonds is 6. The van der Waals surface area contributed by atoms with Gasteiger partial charge >= 0.3 is 6.09 Å². The summed E-state index contributed by atoms with van der Waals surface area (Å²) in [6, 6.07) is 3.59. The largest absolute Gasteiger partial charge is 0.444 e. The van der Waals surface area contributed by atoms with Crippen molar-refractivity contribution >= 4 is 6.09 Å². The van der Waals surface area contributed by atoms with Gasteiger partial charge in [-0.1, -0.05) is 6.07 Å². The maximum atomic E-state index is 11.3. The molecule has 0 unspecified atom stereocenters. The number of hydrogen-bond donors (Lipinski definition) is 2. The van der Waals surface area contributed by atoms with E-state index in [1.165, 1.54) is 0 Å². The van der Waals surface area contributed by atoms with Crippen LogP contribution in [0.2, 0.25) is 0 Å². The van der Waals surface area contributed by atoms with E-state index in [2.05, 4.69) is 10.3 Å². The molecule has 1 aromatic rings. The summed E-state index contributed by atoms with van der Waals surface area (Å²) >= 11 is 0. The molecule has 0 radical (unpaired) electrons. The van der Waals surface area contributed by atoms with Crippen molar-refractivity contribution in [3.63, 3.8) is 0 Å². The van der Waals surface area contributed by atoms with Gasteiger partial charge in [0.05, 0.1) is 25.5 Å². The normalized spacial score (nSPS) is 11.2. The number of aliphatic hydroxyl groups excluding tert-OH is 1. The molecule has 1 aromatic heterocycles. The highest BCUT2D eigenvalue weighted by atomic mass is 16.6. The molecule has 1 heterocycles. The van der Waals surface area contributed by atoms with Crippen molar-refractivity contribution in [2.24, 2.45) is 0 Å². The third-order valence-electron chi connectivity index (χ3n) is 2.23. The Morgan fingerprint density at radius 2 is 2.15 bits per heavy atom. The molecule has 0 aliphatic heterocycles. The van der Waals surface area contributed by atoms with Gasteiger partial charge < -0.3 is 19.9 Å².